The van der Waals surface area contributed by atoms with Crippen LogP contribution in [-0.4, -0.2) is 84.4 Å². The van der Waals surface area contributed by atoms with Gasteiger partial charge < -0.3 is 15.0 Å². The van der Waals surface area contributed by atoms with Crippen molar-refractivity contribution in [2.45, 2.75) is 62.8 Å². The molecule has 1 amide bonds. The third kappa shape index (κ3) is 5.76. The number of benzene rings is 2. The lowest BCUT2D eigenvalue weighted by Crippen LogP contribution is -2.59. The summed E-state index contributed by atoms with van der Waals surface area (Å²) >= 11 is 0. The molecule has 3 aliphatic rings. The molecule has 7 heteroatoms. The maximum absolute atomic E-state index is 13.4. The molecule has 0 bridgehead atoms. The lowest BCUT2D eigenvalue weighted by atomic mass is 9.89. The number of likely N-dealkylation sites (N-methyl/N-ethyl adjacent to an activating group) is 1. The topological polar surface area (TPSA) is 73.5 Å². The van der Waals surface area contributed by atoms with Gasteiger partial charge in [0.25, 0.3) is 5.91 Å². The average Bonchev–Trinajstić information content (AvgIpc) is 3.60. The van der Waals surface area contributed by atoms with E-state index in [1.165, 1.54) is 44.1 Å². The minimum atomic E-state index is 0.00583. The molecule has 1 saturated carbocycles. The third-order valence-corrected chi connectivity index (χ3v) is 9.47. The van der Waals surface area contributed by atoms with Crippen LogP contribution in [0.2, 0.25) is 0 Å². The van der Waals surface area contributed by atoms with Gasteiger partial charge >= 0.3 is 0 Å². The number of hydrogen-bond acceptors (Lipinski definition) is 5. The van der Waals surface area contributed by atoms with Crippen LogP contribution in [-0.2, 0) is 4.74 Å². The second-order valence-corrected chi connectivity index (χ2v) is 12.0. The Bertz CT molecular complexity index is 1250. The Morgan fingerprint density at radius 3 is 2.59 bits per heavy atom. The van der Waals surface area contributed by atoms with Crippen LogP contribution in [0.3, 0.4) is 0 Å². The van der Waals surface area contributed by atoms with Gasteiger partial charge in [-0.15, -0.1) is 0 Å². The van der Waals surface area contributed by atoms with Crippen LogP contribution in [0.4, 0.5) is 0 Å². The molecule has 2 saturated heterocycles. The van der Waals surface area contributed by atoms with Gasteiger partial charge in [-0.25, -0.2) is 0 Å². The zero-order chi connectivity index (χ0) is 26.7. The number of piperazine rings is 1. The number of rotatable bonds is 6. The fraction of sp³-hybridized carbons (Fsp3) is 0.562. The minimum Gasteiger partial charge on any atom is -0.381 e. The van der Waals surface area contributed by atoms with E-state index in [0.717, 1.165) is 80.9 Å². The zero-order valence-corrected chi connectivity index (χ0v) is 23.4. The number of carbonyl (C=O) groups is 1. The van der Waals surface area contributed by atoms with E-state index in [4.69, 9.17) is 4.74 Å². The molecule has 39 heavy (non-hydrogen) atoms. The smallest absolute Gasteiger partial charge is 0.251 e. The monoisotopic (exact) mass is 529 g/mol. The molecule has 3 fully saturated rings. The summed E-state index contributed by atoms with van der Waals surface area (Å²) in [6.07, 6.45) is 9.53. The number of fused-ring (bicyclic) bond motifs is 1. The van der Waals surface area contributed by atoms with Gasteiger partial charge in [0, 0.05) is 68.0 Å². The number of aromatic nitrogens is 2. The summed E-state index contributed by atoms with van der Waals surface area (Å²) < 4.78 is 5.72. The highest BCUT2D eigenvalue weighted by Gasteiger charge is 2.40. The molecule has 6 rings (SSSR count). The van der Waals surface area contributed by atoms with Crippen molar-refractivity contribution in [1.82, 2.24) is 25.3 Å². The molecular formula is C32H43N5O2. The maximum atomic E-state index is 13.4. The fourth-order valence-electron chi connectivity index (χ4n) is 6.95. The first-order valence-corrected chi connectivity index (χ1v) is 15.0. The summed E-state index contributed by atoms with van der Waals surface area (Å²) in [7, 11) is 2.20. The first-order valence-electron chi connectivity index (χ1n) is 15.0. The number of hydrogen-bond donors (Lipinski definition) is 2. The lowest BCUT2D eigenvalue weighted by Gasteiger charge is -2.45. The Balaban J connectivity index is 1.16. The van der Waals surface area contributed by atoms with Crippen LogP contribution < -0.4 is 5.32 Å². The second-order valence-electron chi connectivity index (χ2n) is 12.0. The normalized spacial score (nSPS) is 22.9. The fourth-order valence-corrected chi connectivity index (χ4v) is 6.95. The SMILES string of the molecule is CN1CCN(C2(CNC(=O)c3ccc4[nH]nc(-c5ccc(C6CCCCOCC6)cc5)c4c3)CCCC2)CC1. The van der Waals surface area contributed by atoms with Crippen molar-refractivity contribution in [3.05, 3.63) is 53.6 Å². The van der Waals surface area contributed by atoms with E-state index in [2.05, 4.69) is 56.6 Å². The number of amides is 1. The van der Waals surface area contributed by atoms with E-state index in [1.54, 1.807) is 0 Å². The van der Waals surface area contributed by atoms with Crippen LogP contribution in [0.5, 0.6) is 0 Å². The van der Waals surface area contributed by atoms with Crippen LogP contribution in [0.25, 0.3) is 22.2 Å². The highest BCUT2D eigenvalue weighted by atomic mass is 16.5. The molecule has 1 unspecified atom stereocenters. The largest absolute Gasteiger partial charge is 0.381 e. The molecule has 2 aliphatic heterocycles. The van der Waals surface area contributed by atoms with Crippen LogP contribution in [0, 0.1) is 0 Å². The summed E-state index contributed by atoms with van der Waals surface area (Å²) in [5, 5.41) is 12.1. The molecule has 2 aromatic carbocycles. The number of nitrogens with zero attached hydrogens (tertiary/aromatic N) is 3. The van der Waals surface area contributed by atoms with Gasteiger partial charge in [-0.2, -0.15) is 5.10 Å². The maximum Gasteiger partial charge on any atom is 0.251 e. The lowest BCUT2D eigenvalue weighted by molar-refractivity contribution is 0.0414. The number of H-pyrrole nitrogens is 1. The van der Waals surface area contributed by atoms with Crippen molar-refractivity contribution < 1.29 is 9.53 Å². The van der Waals surface area contributed by atoms with E-state index in [0.29, 0.717) is 11.5 Å². The van der Waals surface area contributed by atoms with Gasteiger partial charge in [0.15, 0.2) is 0 Å². The Kier molecular flexibility index (Phi) is 8.00. The van der Waals surface area contributed by atoms with Crippen molar-refractivity contribution in [1.29, 1.82) is 0 Å². The molecule has 0 radical (unpaired) electrons. The van der Waals surface area contributed by atoms with E-state index in [-0.39, 0.29) is 11.4 Å². The van der Waals surface area contributed by atoms with Gasteiger partial charge in [-0.1, -0.05) is 43.5 Å². The van der Waals surface area contributed by atoms with Gasteiger partial charge in [0.2, 0.25) is 0 Å². The van der Waals surface area contributed by atoms with Crippen molar-refractivity contribution >= 4 is 16.8 Å². The van der Waals surface area contributed by atoms with E-state index < -0.39 is 0 Å². The Morgan fingerprint density at radius 2 is 1.79 bits per heavy atom. The number of ether oxygens (including phenoxy) is 1. The molecule has 2 N–H and O–H groups in total. The molecule has 0 spiro atoms. The van der Waals surface area contributed by atoms with Gasteiger partial charge in [-0.3, -0.25) is 14.8 Å². The Labute approximate surface area is 232 Å². The zero-order valence-electron chi connectivity index (χ0n) is 23.4. The van der Waals surface area contributed by atoms with Crippen LogP contribution in [0.1, 0.15) is 73.2 Å². The summed E-state index contributed by atoms with van der Waals surface area (Å²) in [4.78, 5) is 18.4. The number of aromatic amines is 1. The van der Waals surface area contributed by atoms with Crippen LogP contribution >= 0.6 is 0 Å². The quantitative estimate of drug-likeness (QED) is 0.460. The number of nitrogens with one attached hydrogen (secondary N) is 2. The minimum absolute atomic E-state index is 0.00583. The highest BCUT2D eigenvalue weighted by Crippen LogP contribution is 2.36. The first-order chi connectivity index (χ1) is 19.1. The van der Waals surface area contributed by atoms with Crippen molar-refractivity contribution in [3.63, 3.8) is 0 Å². The molecule has 1 atom stereocenters. The average molecular weight is 530 g/mol. The van der Waals surface area contributed by atoms with Gasteiger partial charge in [0.1, 0.15) is 0 Å². The van der Waals surface area contributed by atoms with Crippen molar-refractivity contribution in [2.24, 2.45) is 0 Å². The third-order valence-electron chi connectivity index (χ3n) is 9.47. The molecule has 3 aromatic rings. The number of carbonyl (C=O) groups excluding carboxylic acids is 1. The summed E-state index contributed by atoms with van der Waals surface area (Å²) in [6, 6.07) is 14.7. The summed E-state index contributed by atoms with van der Waals surface area (Å²) in [5.74, 6) is 0.561. The predicted molar refractivity (Wildman–Crippen MR) is 156 cm³/mol. The Morgan fingerprint density at radius 1 is 1.00 bits per heavy atom. The van der Waals surface area contributed by atoms with E-state index in [1.807, 2.05) is 18.2 Å². The molecule has 1 aliphatic carbocycles. The predicted octanol–water partition coefficient (Wildman–Crippen LogP) is 5.19. The standard InChI is InChI=1S/C32H43N5O2/c1-36-16-18-37(19-17-36)32(14-3-4-15-32)23-33-31(38)27-11-12-29-28(22-27)30(35-34-29)26-9-7-25(8-10-26)24-6-2-5-20-39-21-13-24/h7-12,22,24H,2-6,13-21,23H2,1H3,(H,33,38)(H,34,35). The van der Waals surface area contributed by atoms with E-state index >= 15 is 0 Å². The Hall–Kier alpha value is -2.74. The van der Waals surface area contributed by atoms with Crippen molar-refractivity contribution in [2.75, 3.05) is 53.0 Å². The van der Waals surface area contributed by atoms with Gasteiger partial charge in [-0.05, 0) is 68.8 Å². The molecule has 7 nitrogen and oxygen atoms in total. The van der Waals surface area contributed by atoms with Gasteiger partial charge in [0.05, 0.1) is 11.2 Å². The molecular weight excluding hydrogens is 486 g/mol. The summed E-state index contributed by atoms with van der Waals surface area (Å²) in [6.45, 7) is 6.84. The first kappa shape index (κ1) is 26.5. The highest BCUT2D eigenvalue weighted by molar-refractivity contribution is 6.01. The second kappa shape index (κ2) is 11.8. The van der Waals surface area contributed by atoms with Crippen LogP contribution in [0.15, 0.2) is 42.5 Å². The molecule has 208 valence electrons. The van der Waals surface area contributed by atoms with E-state index in [9.17, 15) is 4.79 Å². The molecule has 1 aromatic heterocycles. The van der Waals surface area contributed by atoms with Crippen molar-refractivity contribution in [3.8, 4) is 11.3 Å². The summed E-state index contributed by atoms with van der Waals surface area (Å²) in [5.41, 5.74) is 5.11. The molecule has 3 heterocycles.